The van der Waals surface area contributed by atoms with E-state index < -0.39 is 0 Å². The third-order valence-electron chi connectivity index (χ3n) is 1.08. The zero-order valence-electron chi connectivity index (χ0n) is 8.37. The molecular formula is C8H20N2O2. The van der Waals surface area contributed by atoms with Crippen LogP contribution in [0.2, 0.25) is 0 Å². The van der Waals surface area contributed by atoms with E-state index in [2.05, 4.69) is 0 Å². The molecule has 0 aliphatic carbocycles. The van der Waals surface area contributed by atoms with Crippen molar-refractivity contribution in [3.05, 3.63) is 0 Å². The first-order valence-corrected chi connectivity index (χ1v) is 4.18. The Morgan fingerprint density at radius 3 is 1.67 bits per heavy atom. The average Bonchev–Trinajstić information content (AvgIpc) is 1.87. The maximum Gasteiger partial charge on any atom is 0.314 e. The van der Waals surface area contributed by atoms with E-state index in [0.717, 1.165) is 0 Å². The van der Waals surface area contributed by atoms with Crippen molar-refractivity contribution >= 4 is 6.03 Å². The Labute approximate surface area is 74.4 Å². The lowest BCUT2D eigenvalue weighted by molar-refractivity contribution is 0.213. The number of hydrogen-bond donors (Lipinski definition) is 2. The van der Waals surface area contributed by atoms with Gasteiger partial charge >= 0.3 is 6.03 Å². The lowest BCUT2D eigenvalue weighted by atomic mass is 10.5. The van der Waals surface area contributed by atoms with Gasteiger partial charge in [-0.3, -0.25) is 0 Å². The highest BCUT2D eigenvalue weighted by molar-refractivity contribution is 5.71. The standard InChI is InChI=1S/C5H12N2O.C3H8O/c1-3-7(4-2)5(6)8;1-3(2)4/h3-4H2,1-2H3,(H2,6,8);3-4H,1-2H3. The number of amides is 2. The molecule has 74 valence electrons. The van der Waals surface area contributed by atoms with Crippen LogP contribution in [-0.2, 0) is 0 Å². The molecule has 0 heterocycles. The lowest BCUT2D eigenvalue weighted by Crippen LogP contribution is -2.35. The minimum Gasteiger partial charge on any atom is -0.394 e. The van der Waals surface area contributed by atoms with Crippen LogP contribution in [0.15, 0.2) is 0 Å². The van der Waals surface area contributed by atoms with Crippen LogP contribution in [-0.4, -0.2) is 35.2 Å². The summed E-state index contributed by atoms with van der Waals surface area (Å²) in [5.41, 5.74) is 4.94. The normalized spacial score (nSPS) is 8.83. The molecule has 4 nitrogen and oxygen atoms in total. The summed E-state index contributed by atoms with van der Waals surface area (Å²) >= 11 is 0. The number of rotatable bonds is 2. The van der Waals surface area contributed by atoms with Gasteiger partial charge in [-0.05, 0) is 27.7 Å². The van der Waals surface area contributed by atoms with Crippen molar-refractivity contribution in [1.82, 2.24) is 4.90 Å². The number of nitrogens with zero attached hydrogens (tertiary/aromatic N) is 1. The number of primary amides is 1. The number of urea groups is 1. The number of nitrogens with two attached hydrogens (primary N) is 1. The zero-order valence-corrected chi connectivity index (χ0v) is 8.37. The van der Waals surface area contributed by atoms with E-state index in [0.29, 0.717) is 13.1 Å². The zero-order chi connectivity index (χ0) is 10.1. The lowest BCUT2D eigenvalue weighted by Gasteiger charge is -2.13. The number of aliphatic hydroxyl groups excluding tert-OH is 1. The minimum atomic E-state index is -0.338. The molecule has 0 saturated carbocycles. The molecule has 0 bridgehead atoms. The van der Waals surface area contributed by atoms with Crippen molar-refractivity contribution in [3.63, 3.8) is 0 Å². The highest BCUT2D eigenvalue weighted by Crippen LogP contribution is 1.82. The molecule has 0 aromatic rings. The summed E-state index contributed by atoms with van der Waals surface area (Å²) in [6.45, 7) is 8.64. The van der Waals surface area contributed by atoms with E-state index in [9.17, 15) is 4.79 Å². The van der Waals surface area contributed by atoms with Gasteiger partial charge in [0.05, 0.1) is 0 Å². The van der Waals surface area contributed by atoms with Crippen LogP contribution in [0.1, 0.15) is 27.7 Å². The van der Waals surface area contributed by atoms with Gasteiger partial charge in [-0.15, -0.1) is 0 Å². The third-order valence-corrected chi connectivity index (χ3v) is 1.08. The summed E-state index contributed by atoms with van der Waals surface area (Å²) in [4.78, 5) is 11.9. The molecule has 0 aliphatic heterocycles. The maximum atomic E-state index is 10.3. The Hall–Kier alpha value is -0.770. The van der Waals surface area contributed by atoms with Gasteiger partial charge in [0.15, 0.2) is 0 Å². The molecule has 0 spiro atoms. The molecule has 4 heteroatoms. The van der Waals surface area contributed by atoms with Gasteiger partial charge in [-0.1, -0.05) is 0 Å². The van der Waals surface area contributed by atoms with E-state index in [1.165, 1.54) is 0 Å². The van der Waals surface area contributed by atoms with Crippen molar-refractivity contribution in [3.8, 4) is 0 Å². The van der Waals surface area contributed by atoms with Gasteiger partial charge in [0.1, 0.15) is 0 Å². The summed E-state index contributed by atoms with van der Waals surface area (Å²) < 4.78 is 0. The Morgan fingerprint density at radius 1 is 1.42 bits per heavy atom. The summed E-state index contributed by atoms with van der Waals surface area (Å²) in [6.07, 6.45) is -0.167. The van der Waals surface area contributed by atoms with E-state index in [4.69, 9.17) is 10.8 Å². The number of hydrogen-bond acceptors (Lipinski definition) is 2. The second-order valence-electron chi connectivity index (χ2n) is 2.60. The van der Waals surface area contributed by atoms with Gasteiger partial charge in [-0.25, -0.2) is 4.79 Å². The van der Waals surface area contributed by atoms with Gasteiger partial charge in [0, 0.05) is 19.2 Å². The first kappa shape index (κ1) is 13.8. The van der Waals surface area contributed by atoms with Crippen LogP contribution in [0.4, 0.5) is 4.79 Å². The van der Waals surface area contributed by atoms with Crippen LogP contribution < -0.4 is 5.73 Å². The highest BCUT2D eigenvalue weighted by atomic mass is 16.3. The van der Waals surface area contributed by atoms with Crippen molar-refractivity contribution in [2.24, 2.45) is 5.73 Å². The predicted octanol–water partition coefficient (Wildman–Crippen LogP) is 0.794. The Kier molecular flexibility index (Phi) is 9.57. The smallest absolute Gasteiger partial charge is 0.314 e. The first-order valence-electron chi connectivity index (χ1n) is 4.18. The van der Waals surface area contributed by atoms with Crippen molar-refractivity contribution in [2.75, 3.05) is 13.1 Å². The van der Waals surface area contributed by atoms with Crippen LogP contribution in [0.3, 0.4) is 0 Å². The van der Waals surface area contributed by atoms with Crippen LogP contribution in [0.25, 0.3) is 0 Å². The molecule has 0 rings (SSSR count). The second kappa shape index (κ2) is 8.33. The third kappa shape index (κ3) is 12.0. The molecular weight excluding hydrogens is 156 g/mol. The largest absolute Gasteiger partial charge is 0.394 e. The molecule has 0 radical (unpaired) electrons. The van der Waals surface area contributed by atoms with Crippen LogP contribution in [0.5, 0.6) is 0 Å². The topological polar surface area (TPSA) is 66.6 Å². The maximum absolute atomic E-state index is 10.3. The van der Waals surface area contributed by atoms with Gasteiger partial charge in [0.25, 0.3) is 0 Å². The van der Waals surface area contributed by atoms with Gasteiger partial charge < -0.3 is 15.7 Å². The van der Waals surface area contributed by atoms with Gasteiger partial charge in [-0.2, -0.15) is 0 Å². The number of aliphatic hydroxyl groups is 1. The van der Waals surface area contributed by atoms with Crippen LogP contribution in [0, 0.1) is 0 Å². The molecule has 3 N–H and O–H groups in total. The fourth-order valence-electron chi connectivity index (χ4n) is 0.535. The summed E-state index contributed by atoms with van der Waals surface area (Å²) in [5, 5.41) is 8.06. The second-order valence-corrected chi connectivity index (χ2v) is 2.60. The van der Waals surface area contributed by atoms with E-state index in [1.807, 2.05) is 13.8 Å². The molecule has 0 fully saturated rings. The number of carbonyl (C=O) groups is 1. The number of carbonyl (C=O) groups excluding carboxylic acids is 1. The molecule has 12 heavy (non-hydrogen) atoms. The monoisotopic (exact) mass is 176 g/mol. The SMILES string of the molecule is CC(C)O.CCN(CC)C(N)=O. The summed E-state index contributed by atoms with van der Waals surface area (Å²) in [5.74, 6) is 0. The molecule has 0 aromatic carbocycles. The molecule has 0 atom stereocenters. The van der Waals surface area contributed by atoms with Crippen molar-refractivity contribution in [2.45, 2.75) is 33.8 Å². The molecule has 2 amide bonds. The molecule has 0 aliphatic rings. The Bertz CT molecular complexity index is 109. The van der Waals surface area contributed by atoms with Gasteiger partial charge in [0.2, 0.25) is 0 Å². The highest BCUT2D eigenvalue weighted by Gasteiger charge is 2.00. The first-order chi connectivity index (χ1) is 5.45. The molecule has 0 saturated heterocycles. The quantitative estimate of drug-likeness (QED) is 0.653. The Balaban J connectivity index is 0. The van der Waals surface area contributed by atoms with E-state index in [-0.39, 0.29) is 12.1 Å². The summed E-state index contributed by atoms with van der Waals surface area (Å²) in [7, 11) is 0. The van der Waals surface area contributed by atoms with Crippen molar-refractivity contribution < 1.29 is 9.90 Å². The fourth-order valence-corrected chi connectivity index (χ4v) is 0.535. The minimum absolute atomic E-state index is 0.167. The van der Waals surface area contributed by atoms with Crippen LogP contribution >= 0.6 is 0 Å². The van der Waals surface area contributed by atoms with E-state index >= 15 is 0 Å². The fraction of sp³-hybridized carbons (Fsp3) is 0.875. The Morgan fingerprint density at radius 2 is 1.67 bits per heavy atom. The predicted molar refractivity (Wildman–Crippen MR) is 49.9 cm³/mol. The molecule has 0 unspecified atom stereocenters. The average molecular weight is 176 g/mol. The van der Waals surface area contributed by atoms with E-state index in [1.54, 1.807) is 18.7 Å². The summed E-state index contributed by atoms with van der Waals surface area (Å²) in [6, 6.07) is -0.338. The molecule has 0 aromatic heterocycles. The van der Waals surface area contributed by atoms with Crippen molar-refractivity contribution in [1.29, 1.82) is 0 Å².